The number of carbonyl (C=O) groups excluding carboxylic acids is 1. The Morgan fingerprint density at radius 1 is 1.20 bits per heavy atom. The van der Waals surface area contributed by atoms with E-state index in [-0.39, 0.29) is 17.9 Å². The van der Waals surface area contributed by atoms with Crippen LogP contribution in [0.2, 0.25) is 0 Å². The lowest BCUT2D eigenvalue weighted by Gasteiger charge is -2.14. The van der Waals surface area contributed by atoms with E-state index in [1.54, 1.807) is 36.4 Å². The van der Waals surface area contributed by atoms with Crippen LogP contribution < -0.4 is 16.3 Å². The smallest absolute Gasteiger partial charge is 0.333 e. The summed E-state index contributed by atoms with van der Waals surface area (Å²) >= 11 is 0. The maximum Gasteiger partial charge on any atom is 0.334 e. The highest BCUT2D eigenvalue weighted by molar-refractivity contribution is 5.83. The third-order valence-corrected chi connectivity index (χ3v) is 3.72. The van der Waals surface area contributed by atoms with Crippen LogP contribution in [0.4, 0.5) is 9.18 Å². The molecule has 1 aromatic heterocycles. The molecule has 0 aliphatic rings. The minimum Gasteiger partial charge on any atom is -0.333 e. The van der Waals surface area contributed by atoms with Gasteiger partial charge in [-0.05, 0) is 29.8 Å². The summed E-state index contributed by atoms with van der Waals surface area (Å²) in [6, 6.07) is 12.3. The van der Waals surface area contributed by atoms with Crippen molar-refractivity contribution in [3.8, 4) is 0 Å². The second kappa shape index (κ2) is 7.12. The van der Waals surface area contributed by atoms with Crippen LogP contribution in [-0.2, 0) is 13.0 Å². The number of carbonyl (C=O) groups is 1. The first-order valence-electron chi connectivity index (χ1n) is 7.88. The van der Waals surface area contributed by atoms with Crippen LogP contribution in [0.15, 0.2) is 53.3 Å². The predicted octanol–water partition coefficient (Wildman–Crippen LogP) is 2.55. The van der Waals surface area contributed by atoms with E-state index in [9.17, 15) is 14.0 Å². The summed E-state index contributed by atoms with van der Waals surface area (Å²) < 4.78 is 14.3. The highest BCUT2D eigenvalue weighted by Crippen LogP contribution is 2.07. The van der Waals surface area contributed by atoms with Gasteiger partial charge in [0.05, 0.1) is 10.9 Å². The van der Waals surface area contributed by atoms with Gasteiger partial charge < -0.3 is 5.32 Å². The Bertz CT molecular complexity index is 984. The molecule has 0 saturated carbocycles. The summed E-state index contributed by atoms with van der Waals surface area (Å²) in [5.74, 6) is 0.0764. The zero-order chi connectivity index (χ0) is 17.8. The second-order valence-electron chi connectivity index (χ2n) is 5.46. The second-order valence-corrected chi connectivity index (χ2v) is 5.46. The fourth-order valence-electron chi connectivity index (χ4n) is 2.50. The first-order valence-corrected chi connectivity index (χ1v) is 7.88. The lowest BCUT2D eigenvalue weighted by Crippen LogP contribution is -2.41. The minimum atomic E-state index is -0.571. The highest BCUT2D eigenvalue weighted by Gasteiger charge is 2.12. The van der Waals surface area contributed by atoms with Crippen LogP contribution >= 0.6 is 0 Å². The zero-order valence-corrected chi connectivity index (χ0v) is 13.6. The summed E-state index contributed by atoms with van der Waals surface area (Å²) in [6.45, 7) is 1.99. The van der Waals surface area contributed by atoms with E-state index < -0.39 is 6.03 Å². The molecule has 0 radical (unpaired) electrons. The Balaban J connectivity index is 1.81. The number of rotatable bonds is 4. The normalized spacial score (nSPS) is 10.6. The number of nitrogens with zero attached hydrogens (tertiary/aromatic N) is 2. The van der Waals surface area contributed by atoms with E-state index >= 15 is 0 Å². The first kappa shape index (κ1) is 16.6. The molecule has 2 aromatic carbocycles. The topological polar surface area (TPSA) is 76.0 Å². The largest absolute Gasteiger partial charge is 0.334 e. The van der Waals surface area contributed by atoms with E-state index in [0.29, 0.717) is 28.7 Å². The molecule has 1 heterocycles. The van der Waals surface area contributed by atoms with Crippen LogP contribution in [-0.4, -0.2) is 15.7 Å². The quantitative estimate of drug-likeness (QED) is 0.766. The molecular weight excluding hydrogens is 323 g/mol. The molecule has 0 aliphatic carbocycles. The Labute approximate surface area is 143 Å². The summed E-state index contributed by atoms with van der Waals surface area (Å²) in [5.41, 5.74) is 3.37. The summed E-state index contributed by atoms with van der Waals surface area (Å²) in [4.78, 5) is 29.1. The van der Waals surface area contributed by atoms with Crippen LogP contribution in [0.5, 0.6) is 0 Å². The van der Waals surface area contributed by atoms with Gasteiger partial charge in [-0.3, -0.25) is 4.79 Å². The minimum absolute atomic E-state index is 0.140. The van der Waals surface area contributed by atoms with Crippen molar-refractivity contribution < 1.29 is 9.18 Å². The average Bonchev–Trinajstić information content (AvgIpc) is 2.62. The first-order chi connectivity index (χ1) is 12.1. The molecule has 7 heteroatoms. The van der Waals surface area contributed by atoms with Gasteiger partial charge in [0.2, 0.25) is 0 Å². The van der Waals surface area contributed by atoms with Crippen LogP contribution in [0.1, 0.15) is 18.3 Å². The number of nitrogens with one attached hydrogen (secondary N) is 2. The molecule has 0 spiro atoms. The van der Waals surface area contributed by atoms with Crippen molar-refractivity contribution in [2.24, 2.45) is 0 Å². The number of benzene rings is 2. The van der Waals surface area contributed by atoms with Crippen molar-refractivity contribution in [1.29, 1.82) is 0 Å². The van der Waals surface area contributed by atoms with E-state index in [1.807, 2.05) is 6.92 Å². The van der Waals surface area contributed by atoms with Gasteiger partial charge in [-0.1, -0.05) is 31.2 Å². The highest BCUT2D eigenvalue weighted by atomic mass is 19.1. The summed E-state index contributed by atoms with van der Waals surface area (Å²) in [5, 5.41) is 3.02. The van der Waals surface area contributed by atoms with Crippen LogP contribution in [0.3, 0.4) is 0 Å². The fraction of sp³-hybridized carbons (Fsp3) is 0.167. The lowest BCUT2D eigenvalue weighted by atomic mass is 10.2. The number of fused-ring (bicyclic) bond motifs is 1. The zero-order valence-electron chi connectivity index (χ0n) is 13.6. The van der Waals surface area contributed by atoms with E-state index in [4.69, 9.17) is 0 Å². The van der Waals surface area contributed by atoms with Crippen molar-refractivity contribution in [3.63, 3.8) is 0 Å². The maximum absolute atomic E-state index is 13.2. The Hall–Kier alpha value is -3.22. The van der Waals surface area contributed by atoms with Gasteiger partial charge in [0.15, 0.2) is 0 Å². The Kier molecular flexibility index (Phi) is 4.74. The van der Waals surface area contributed by atoms with Crippen molar-refractivity contribution >= 4 is 16.9 Å². The summed E-state index contributed by atoms with van der Waals surface area (Å²) in [6.07, 6.45) is 0.476. The molecule has 0 bridgehead atoms. The van der Waals surface area contributed by atoms with Gasteiger partial charge in [0.25, 0.3) is 5.56 Å². The van der Waals surface area contributed by atoms with Crippen molar-refractivity contribution in [2.45, 2.75) is 19.9 Å². The molecule has 0 unspecified atom stereocenters. The van der Waals surface area contributed by atoms with E-state index in [0.717, 1.165) is 4.68 Å². The van der Waals surface area contributed by atoms with Crippen molar-refractivity contribution in [1.82, 2.24) is 15.0 Å². The number of amides is 2. The van der Waals surface area contributed by atoms with E-state index in [1.165, 1.54) is 12.1 Å². The molecule has 0 atom stereocenters. The van der Waals surface area contributed by atoms with Gasteiger partial charge in [-0.25, -0.2) is 24.3 Å². The lowest BCUT2D eigenvalue weighted by molar-refractivity contribution is 0.248. The van der Waals surface area contributed by atoms with Gasteiger partial charge in [0.1, 0.15) is 11.6 Å². The Morgan fingerprint density at radius 2 is 2.00 bits per heavy atom. The third kappa shape index (κ3) is 3.65. The van der Waals surface area contributed by atoms with Crippen LogP contribution in [0.25, 0.3) is 10.9 Å². The van der Waals surface area contributed by atoms with Gasteiger partial charge in [-0.15, -0.1) is 0 Å². The van der Waals surface area contributed by atoms with E-state index in [2.05, 4.69) is 15.7 Å². The van der Waals surface area contributed by atoms with Gasteiger partial charge in [-0.2, -0.15) is 0 Å². The van der Waals surface area contributed by atoms with Crippen LogP contribution in [0, 0.1) is 5.82 Å². The molecule has 6 nitrogen and oxygen atoms in total. The molecule has 3 aromatic rings. The molecule has 0 saturated heterocycles. The SMILES string of the molecule is CCc1nc2ccccc2c(=O)n1NC(=O)NCc1cccc(F)c1. The number of urea groups is 1. The molecular formula is C18H17FN4O2. The molecule has 2 N–H and O–H groups in total. The molecule has 0 aliphatic heterocycles. The average molecular weight is 340 g/mol. The number of hydrogen-bond acceptors (Lipinski definition) is 3. The van der Waals surface area contributed by atoms with Crippen molar-refractivity contribution in [2.75, 3.05) is 5.43 Å². The van der Waals surface area contributed by atoms with Gasteiger partial charge in [0, 0.05) is 13.0 Å². The number of para-hydroxylation sites is 1. The fourth-order valence-corrected chi connectivity index (χ4v) is 2.50. The predicted molar refractivity (Wildman–Crippen MR) is 93.4 cm³/mol. The molecule has 3 rings (SSSR count). The summed E-state index contributed by atoms with van der Waals surface area (Å²) in [7, 11) is 0. The standard InChI is InChI=1S/C18H17FN4O2/c1-2-16-21-15-9-4-3-8-14(15)17(24)23(16)22-18(25)20-11-12-6-5-7-13(19)10-12/h3-10H,2,11H2,1H3,(H2,20,22,25). The molecule has 25 heavy (non-hydrogen) atoms. The number of hydrogen-bond donors (Lipinski definition) is 2. The molecule has 2 amide bonds. The molecule has 128 valence electrons. The Morgan fingerprint density at radius 3 is 2.76 bits per heavy atom. The number of halogens is 1. The molecule has 0 fully saturated rings. The third-order valence-electron chi connectivity index (χ3n) is 3.72. The number of aromatic nitrogens is 2. The number of aryl methyl sites for hydroxylation is 1. The monoisotopic (exact) mass is 340 g/mol. The maximum atomic E-state index is 13.2. The van der Waals surface area contributed by atoms with Gasteiger partial charge >= 0.3 is 6.03 Å². The van der Waals surface area contributed by atoms with Crippen molar-refractivity contribution in [3.05, 3.63) is 76.1 Å².